The first-order chi connectivity index (χ1) is 7.55. The molecule has 0 bridgehead atoms. The summed E-state index contributed by atoms with van der Waals surface area (Å²) < 4.78 is 0. The zero-order chi connectivity index (χ0) is 11.6. The highest BCUT2D eigenvalue weighted by Crippen LogP contribution is 2.15. The number of nitrogens with zero attached hydrogens (tertiary/aromatic N) is 2. The summed E-state index contributed by atoms with van der Waals surface area (Å²) in [6.45, 7) is 9.89. The lowest BCUT2D eigenvalue weighted by molar-refractivity contribution is 0.116. The van der Waals surface area contributed by atoms with Gasteiger partial charge >= 0.3 is 0 Å². The van der Waals surface area contributed by atoms with Gasteiger partial charge in [-0.15, -0.1) is 0 Å². The Morgan fingerprint density at radius 3 is 2.94 bits per heavy atom. The van der Waals surface area contributed by atoms with Crippen LogP contribution in [0, 0.1) is 0 Å². The molecule has 3 nitrogen and oxygen atoms in total. The van der Waals surface area contributed by atoms with E-state index in [1.54, 1.807) is 0 Å². The second-order valence-electron chi connectivity index (χ2n) is 5.42. The molecule has 0 aliphatic carbocycles. The SMILES string of the molecule is CC1CN(Cc2ccccn2)CC(C)(C)N1. The molecule has 1 atom stereocenters. The summed E-state index contributed by atoms with van der Waals surface area (Å²) in [5, 5.41) is 3.61. The van der Waals surface area contributed by atoms with Gasteiger partial charge in [0.1, 0.15) is 0 Å². The molecule has 1 saturated heterocycles. The minimum Gasteiger partial charge on any atom is -0.307 e. The zero-order valence-electron chi connectivity index (χ0n) is 10.4. The van der Waals surface area contributed by atoms with Gasteiger partial charge in [0.05, 0.1) is 5.69 Å². The fourth-order valence-corrected chi connectivity index (χ4v) is 2.61. The van der Waals surface area contributed by atoms with Crippen LogP contribution in [0.4, 0.5) is 0 Å². The standard InChI is InChI=1S/C13H21N3/c1-11-8-16(10-13(2,3)15-11)9-12-6-4-5-7-14-12/h4-7,11,15H,8-10H2,1-3H3. The van der Waals surface area contributed by atoms with Gasteiger partial charge in [-0.3, -0.25) is 9.88 Å². The van der Waals surface area contributed by atoms with Crippen LogP contribution in [0.15, 0.2) is 24.4 Å². The van der Waals surface area contributed by atoms with E-state index >= 15 is 0 Å². The van der Waals surface area contributed by atoms with Crippen molar-refractivity contribution in [3.05, 3.63) is 30.1 Å². The quantitative estimate of drug-likeness (QED) is 0.820. The minimum atomic E-state index is 0.201. The molecule has 1 N–H and O–H groups in total. The highest BCUT2D eigenvalue weighted by Gasteiger charge is 2.29. The molecule has 2 rings (SSSR count). The number of hydrogen-bond donors (Lipinski definition) is 1. The second kappa shape index (κ2) is 4.52. The van der Waals surface area contributed by atoms with Gasteiger partial charge in [-0.05, 0) is 32.9 Å². The predicted octanol–water partition coefficient (Wildman–Crippen LogP) is 1.65. The molecule has 3 heteroatoms. The van der Waals surface area contributed by atoms with Gasteiger partial charge in [-0.25, -0.2) is 0 Å². The van der Waals surface area contributed by atoms with E-state index in [4.69, 9.17) is 0 Å². The van der Waals surface area contributed by atoms with E-state index in [9.17, 15) is 0 Å². The van der Waals surface area contributed by atoms with Crippen LogP contribution >= 0.6 is 0 Å². The number of aromatic nitrogens is 1. The molecular formula is C13H21N3. The lowest BCUT2D eigenvalue weighted by atomic mass is 9.99. The van der Waals surface area contributed by atoms with Gasteiger partial charge < -0.3 is 5.32 Å². The Kier molecular flexibility index (Phi) is 3.26. The van der Waals surface area contributed by atoms with Gasteiger partial charge in [-0.2, -0.15) is 0 Å². The molecule has 2 heterocycles. The topological polar surface area (TPSA) is 28.2 Å². The van der Waals surface area contributed by atoms with E-state index in [0.29, 0.717) is 6.04 Å². The highest BCUT2D eigenvalue weighted by atomic mass is 15.2. The number of rotatable bonds is 2. The fraction of sp³-hybridized carbons (Fsp3) is 0.615. The summed E-state index contributed by atoms with van der Waals surface area (Å²) in [7, 11) is 0. The molecule has 0 saturated carbocycles. The van der Waals surface area contributed by atoms with Crippen molar-refractivity contribution in [3.63, 3.8) is 0 Å². The Labute approximate surface area is 97.9 Å². The highest BCUT2D eigenvalue weighted by molar-refractivity contribution is 5.04. The van der Waals surface area contributed by atoms with Crippen molar-refractivity contribution >= 4 is 0 Å². The van der Waals surface area contributed by atoms with Crippen molar-refractivity contribution in [1.29, 1.82) is 0 Å². The van der Waals surface area contributed by atoms with Gasteiger partial charge in [0.25, 0.3) is 0 Å². The Morgan fingerprint density at radius 2 is 2.31 bits per heavy atom. The Hall–Kier alpha value is -0.930. The van der Waals surface area contributed by atoms with Crippen LogP contribution in [0.25, 0.3) is 0 Å². The largest absolute Gasteiger partial charge is 0.307 e. The summed E-state index contributed by atoms with van der Waals surface area (Å²) in [5.74, 6) is 0. The molecule has 0 radical (unpaired) electrons. The lowest BCUT2D eigenvalue weighted by Gasteiger charge is -2.42. The molecule has 0 amide bonds. The van der Waals surface area contributed by atoms with Gasteiger partial charge in [0.2, 0.25) is 0 Å². The smallest absolute Gasteiger partial charge is 0.0543 e. The predicted molar refractivity (Wildman–Crippen MR) is 66.2 cm³/mol. The van der Waals surface area contributed by atoms with Gasteiger partial charge in [0, 0.05) is 37.4 Å². The maximum Gasteiger partial charge on any atom is 0.0543 e. The third kappa shape index (κ3) is 3.03. The molecule has 0 spiro atoms. The molecule has 1 aromatic heterocycles. The fourth-order valence-electron chi connectivity index (χ4n) is 2.61. The number of nitrogens with one attached hydrogen (secondary N) is 1. The van der Waals surface area contributed by atoms with Crippen molar-refractivity contribution in [2.45, 2.75) is 38.9 Å². The van der Waals surface area contributed by atoms with Crippen molar-refractivity contribution in [3.8, 4) is 0 Å². The van der Waals surface area contributed by atoms with Crippen molar-refractivity contribution < 1.29 is 0 Å². The molecule has 0 aromatic carbocycles. The first-order valence-electron chi connectivity index (χ1n) is 5.95. The number of piperazine rings is 1. The summed E-state index contributed by atoms with van der Waals surface area (Å²) in [5.41, 5.74) is 1.36. The average molecular weight is 219 g/mol. The van der Waals surface area contributed by atoms with Crippen LogP contribution in [0.5, 0.6) is 0 Å². The molecule has 1 fully saturated rings. The van der Waals surface area contributed by atoms with Crippen LogP contribution in [0.3, 0.4) is 0 Å². The van der Waals surface area contributed by atoms with Crippen LogP contribution in [0.2, 0.25) is 0 Å². The van der Waals surface area contributed by atoms with Crippen molar-refractivity contribution in [2.75, 3.05) is 13.1 Å². The number of hydrogen-bond acceptors (Lipinski definition) is 3. The minimum absolute atomic E-state index is 0.201. The van der Waals surface area contributed by atoms with E-state index in [1.807, 2.05) is 12.3 Å². The third-order valence-electron chi connectivity index (χ3n) is 2.90. The molecule has 1 aliphatic heterocycles. The van der Waals surface area contributed by atoms with Crippen LogP contribution in [-0.2, 0) is 6.54 Å². The Balaban J connectivity index is 2.00. The van der Waals surface area contributed by atoms with E-state index in [0.717, 1.165) is 25.3 Å². The van der Waals surface area contributed by atoms with Crippen LogP contribution in [-0.4, -0.2) is 34.6 Å². The number of pyridine rings is 1. The molecule has 1 aliphatic rings. The maximum atomic E-state index is 4.38. The maximum absolute atomic E-state index is 4.38. The molecule has 1 aromatic rings. The first-order valence-corrected chi connectivity index (χ1v) is 5.95. The normalized spacial score (nSPS) is 25.6. The lowest BCUT2D eigenvalue weighted by Crippen LogP contribution is -2.60. The molecular weight excluding hydrogens is 198 g/mol. The zero-order valence-corrected chi connectivity index (χ0v) is 10.4. The van der Waals surface area contributed by atoms with Crippen LogP contribution < -0.4 is 5.32 Å². The van der Waals surface area contributed by atoms with E-state index in [-0.39, 0.29) is 5.54 Å². The van der Waals surface area contributed by atoms with E-state index < -0.39 is 0 Å². The summed E-state index contributed by atoms with van der Waals surface area (Å²) in [6, 6.07) is 6.67. The monoisotopic (exact) mass is 219 g/mol. The first kappa shape index (κ1) is 11.6. The van der Waals surface area contributed by atoms with Crippen molar-refractivity contribution in [2.24, 2.45) is 0 Å². The molecule has 16 heavy (non-hydrogen) atoms. The molecule has 88 valence electrons. The van der Waals surface area contributed by atoms with Crippen LogP contribution in [0.1, 0.15) is 26.5 Å². The van der Waals surface area contributed by atoms with Gasteiger partial charge in [-0.1, -0.05) is 6.07 Å². The Bertz CT molecular complexity index is 334. The summed E-state index contributed by atoms with van der Waals surface area (Å²) in [6.07, 6.45) is 1.87. The average Bonchev–Trinajstić information content (AvgIpc) is 2.15. The van der Waals surface area contributed by atoms with Crippen molar-refractivity contribution in [1.82, 2.24) is 15.2 Å². The van der Waals surface area contributed by atoms with Gasteiger partial charge in [0.15, 0.2) is 0 Å². The summed E-state index contributed by atoms with van der Waals surface area (Å²) in [4.78, 5) is 6.86. The summed E-state index contributed by atoms with van der Waals surface area (Å²) >= 11 is 0. The third-order valence-corrected chi connectivity index (χ3v) is 2.90. The van der Waals surface area contributed by atoms with E-state index in [1.165, 1.54) is 0 Å². The Morgan fingerprint density at radius 1 is 1.50 bits per heavy atom. The second-order valence-corrected chi connectivity index (χ2v) is 5.42. The molecule has 1 unspecified atom stereocenters. The van der Waals surface area contributed by atoms with E-state index in [2.05, 4.69) is 48.1 Å².